The zero-order valence-electron chi connectivity index (χ0n) is 3.12. The van der Waals surface area contributed by atoms with Crippen LogP contribution in [0.5, 0.6) is 0 Å². The van der Waals surface area contributed by atoms with Crippen molar-refractivity contribution in [2.75, 3.05) is 0 Å². The predicted molar refractivity (Wildman–Crippen MR) is 22.0 cm³/mol. The van der Waals surface area contributed by atoms with Gasteiger partial charge in [0.1, 0.15) is 0 Å². The summed E-state index contributed by atoms with van der Waals surface area (Å²) in [4.78, 5) is 0. The fraction of sp³-hybridized carbons (Fsp3) is 0. The van der Waals surface area contributed by atoms with Crippen molar-refractivity contribution in [1.82, 2.24) is 0 Å². The van der Waals surface area contributed by atoms with E-state index in [2.05, 4.69) is 0 Å². The fourth-order valence-corrected chi connectivity index (χ4v) is 0. The van der Waals surface area contributed by atoms with E-state index < -0.39 is 10.4 Å². The summed E-state index contributed by atoms with van der Waals surface area (Å²) in [6, 6.07) is 0. The average molecular weight is 330 g/mol. The molecule has 0 aromatic rings. The van der Waals surface area contributed by atoms with Gasteiger partial charge in [-0.25, -0.2) is 0 Å². The summed E-state index contributed by atoms with van der Waals surface area (Å²) < 4.78 is 34.1. The van der Waals surface area contributed by atoms with Crippen LogP contribution in [0.2, 0.25) is 0 Å². The van der Waals surface area contributed by atoms with Crippen molar-refractivity contribution >= 4 is 55.1 Å². The van der Waals surface area contributed by atoms with Gasteiger partial charge in [-0.05, 0) is 0 Å². The number of hydrogen-bond acceptors (Lipinski definition) is 4. The van der Waals surface area contributed by atoms with Crippen LogP contribution < -0.4 is 0 Å². The van der Waals surface area contributed by atoms with Crippen LogP contribution in [-0.2, 0) is 10.4 Å². The van der Waals surface area contributed by atoms with Crippen LogP contribution in [0.1, 0.15) is 0 Å². The van der Waals surface area contributed by atoms with E-state index in [1.807, 2.05) is 0 Å². The summed E-state index contributed by atoms with van der Waals surface area (Å²) in [6.45, 7) is 0. The minimum atomic E-state index is -5.17. The van der Waals surface area contributed by atoms with Crippen LogP contribution in [0.15, 0.2) is 0 Å². The van der Waals surface area contributed by atoms with Crippen LogP contribution in [0.25, 0.3) is 0 Å². The second-order valence-electron chi connectivity index (χ2n) is 0.408. The van der Waals surface area contributed by atoms with Crippen molar-refractivity contribution in [3.63, 3.8) is 0 Å². The Kier molecular flexibility index (Phi) is 12.3. The molecule has 0 aromatic heterocycles. The van der Waals surface area contributed by atoms with E-state index in [1.165, 1.54) is 0 Å². The third-order valence-electron chi connectivity index (χ3n) is 0. The van der Waals surface area contributed by atoms with Crippen molar-refractivity contribution < 1.29 is 17.5 Å². The van der Waals surface area contributed by atoms with Crippen molar-refractivity contribution in [2.24, 2.45) is 0 Å². The van der Waals surface area contributed by atoms with E-state index in [0.717, 1.165) is 0 Å². The van der Waals surface area contributed by atoms with Crippen molar-refractivity contribution in [3.05, 3.63) is 0 Å². The molecule has 34 valence electrons. The first-order valence-electron chi connectivity index (χ1n) is 0.667. The number of hydrogen-bond donors (Lipinski definition) is 0. The normalized spacial score (nSPS) is 8.29. The van der Waals surface area contributed by atoms with Crippen LogP contribution >= 0.6 is 0 Å². The first-order valence-corrected chi connectivity index (χ1v) is 2.00. The maximum Gasteiger partial charge on any atom is 3.00 e. The smallest absolute Gasteiger partial charge is 0.759 e. The molecule has 0 aliphatic heterocycles. The minimum absolute atomic E-state index is 0. The Balaban J connectivity index is -0.0000000800. The second kappa shape index (κ2) is 5.46. The molecule has 0 atom stereocenters. The van der Waals surface area contributed by atoms with Gasteiger partial charge in [0.15, 0.2) is 0 Å². The molecule has 0 spiro atoms. The summed E-state index contributed by atoms with van der Waals surface area (Å²) in [5.41, 5.74) is 0. The molecular weight excluding hydrogens is 330 g/mol. The SMILES string of the molecule is O=S(=O)([O-])[O-].[Al+3].[Pb+2]. The van der Waals surface area contributed by atoms with E-state index in [-0.39, 0.29) is 44.7 Å². The Morgan fingerprint density at radius 1 is 1.14 bits per heavy atom. The average Bonchev–Trinajstić information content (AvgIpc) is 0.722. The molecule has 0 saturated carbocycles. The van der Waals surface area contributed by atoms with Gasteiger partial charge in [-0.3, -0.25) is 8.42 Å². The summed E-state index contributed by atoms with van der Waals surface area (Å²) >= 11 is 0. The standard InChI is InChI=1S/Al.H2O4S.Pb/c;1-5(2,3)4;/h;(H2,1,2,3,4);/q+3;;+2/p-2. The Labute approximate surface area is 72.2 Å². The molecule has 7 heteroatoms. The minimum Gasteiger partial charge on any atom is -0.759 e. The van der Waals surface area contributed by atoms with Crippen molar-refractivity contribution in [3.8, 4) is 0 Å². The maximum atomic E-state index is 8.52. The molecule has 0 fully saturated rings. The Bertz CT molecular complexity index is 94.9. The topological polar surface area (TPSA) is 80.3 Å². The van der Waals surface area contributed by atoms with Gasteiger partial charge >= 0.3 is 44.7 Å². The molecule has 0 heterocycles. The zero-order valence-corrected chi connectivity index (χ0v) is 8.98. The van der Waals surface area contributed by atoms with E-state index >= 15 is 0 Å². The molecule has 0 amide bonds. The molecule has 0 N–H and O–H groups in total. The third kappa shape index (κ3) is 118. The van der Waals surface area contributed by atoms with Crippen LogP contribution in [0, 0.1) is 0 Å². The van der Waals surface area contributed by atoms with Crippen molar-refractivity contribution in [2.45, 2.75) is 0 Å². The van der Waals surface area contributed by atoms with E-state index in [9.17, 15) is 0 Å². The van der Waals surface area contributed by atoms with E-state index in [1.54, 1.807) is 0 Å². The van der Waals surface area contributed by atoms with Gasteiger partial charge in [-0.1, -0.05) is 0 Å². The van der Waals surface area contributed by atoms with Gasteiger partial charge in [0, 0.05) is 10.4 Å². The first kappa shape index (κ1) is 15.8. The fourth-order valence-electron chi connectivity index (χ4n) is 0. The van der Waals surface area contributed by atoms with Gasteiger partial charge in [-0.15, -0.1) is 0 Å². The second-order valence-corrected chi connectivity index (χ2v) is 1.22. The predicted octanol–water partition coefficient (Wildman–Crippen LogP) is -2.10. The molecule has 0 unspecified atom stereocenters. The van der Waals surface area contributed by atoms with Gasteiger partial charge in [0.2, 0.25) is 0 Å². The van der Waals surface area contributed by atoms with Crippen LogP contribution in [0.4, 0.5) is 0 Å². The molecule has 2 radical (unpaired) electrons. The molecular formula is AlO4PbS+3. The summed E-state index contributed by atoms with van der Waals surface area (Å²) in [6.07, 6.45) is 0. The summed E-state index contributed by atoms with van der Waals surface area (Å²) in [7, 11) is -5.17. The maximum absolute atomic E-state index is 8.52. The van der Waals surface area contributed by atoms with E-state index in [4.69, 9.17) is 17.5 Å². The summed E-state index contributed by atoms with van der Waals surface area (Å²) in [5.74, 6) is 0. The van der Waals surface area contributed by atoms with Gasteiger partial charge in [0.25, 0.3) is 0 Å². The quantitative estimate of drug-likeness (QED) is 0.290. The van der Waals surface area contributed by atoms with Gasteiger partial charge in [-0.2, -0.15) is 0 Å². The first-order chi connectivity index (χ1) is 2.00. The van der Waals surface area contributed by atoms with Crippen LogP contribution in [-0.4, -0.2) is 62.2 Å². The zero-order chi connectivity index (χ0) is 4.50. The summed E-state index contributed by atoms with van der Waals surface area (Å²) in [5, 5.41) is 0. The number of rotatable bonds is 0. The molecule has 0 aliphatic carbocycles. The van der Waals surface area contributed by atoms with Gasteiger partial charge < -0.3 is 9.11 Å². The van der Waals surface area contributed by atoms with Crippen LogP contribution in [0.3, 0.4) is 0 Å². The third-order valence-corrected chi connectivity index (χ3v) is 0. The molecule has 0 rings (SSSR count). The molecule has 4 nitrogen and oxygen atoms in total. The van der Waals surface area contributed by atoms with Crippen molar-refractivity contribution in [1.29, 1.82) is 0 Å². The molecule has 0 aliphatic rings. The molecule has 0 saturated heterocycles. The Morgan fingerprint density at radius 2 is 1.14 bits per heavy atom. The molecule has 0 aromatic carbocycles. The monoisotopic (exact) mass is 331 g/mol. The van der Waals surface area contributed by atoms with Gasteiger partial charge in [0.05, 0.1) is 0 Å². The Morgan fingerprint density at radius 3 is 1.14 bits per heavy atom. The molecule has 7 heavy (non-hydrogen) atoms. The molecule has 0 bridgehead atoms. The Hall–Kier alpha value is 1.32. The van der Waals surface area contributed by atoms with E-state index in [0.29, 0.717) is 0 Å². The largest absolute Gasteiger partial charge is 3.00 e.